The Hall–Kier alpha value is -3.04. The second-order valence-corrected chi connectivity index (χ2v) is 7.90. The highest BCUT2D eigenvalue weighted by Crippen LogP contribution is 2.36. The van der Waals surface area contributed by atoms with Crippen LogP contribution in [0.3, 0.4) is 0 Å². The van der Waals surface area contributed by atoms with E-state index in [1.165, 1.54) is 0 Å². The number of hydrogen-bond acceptors (Lipinski definition) is 7. The van der Waals surface area contributed by atoms with Crippen LogP contribution in [-0.4, -0.2) is 40.6 Å². The summed E-state index contributed by atoms with van der Waals surface area (Å²) in [4.78, 5) is 9.18. The lowest BCUT2D eigenvalue weighted by atomic mass is 10.2. The van der Waals surface area contributed by atoms with Crippen LogP contribution < -0.4 is 0 Å². The molecule has 8 nitrogen and oxygen atoms in total. The van der Waals surface area contributed by atoms with E-state index in [9.17, 15) is 5.11 Å². The number of pyridine rings is 1. The predicted octanol–water partition coefficient (Wildman–Crippen LogP) is 2.19. The van der Waals surface area contributed by atoms with Crippen molar-refractivity contribution in [1.29, 1.82) is 0 Å². The number of aromatic nitrogens is 5. The van der Waals surface area contributed by atoms with Gasteiger partial charge < -0.3 is 9.67 Å². The third-order valence-electron chi connectivity index (χ3n) is 4.87. The predicted molar refractivity (Wildman–Crippen MR) is 107 cm³/mol. The molecule has 9 heteroatoms. The van der Waals surface area contributed by atoms with Crippen molar-refractivity contribution in [3.05, 3.63) is 64.3 Å². The summed E-state index contributed by atoms with van der Waals surface area (Å²) in [5.41, 5.74) is 4.46. The molecular weight excluding hydrogens is 374 g/mol. The maximum Gasteiger partial charge on any atom is 0.184 e. The number of aliphatic hydroxyl groups is 1. The zero-order valence-corrected chi connectivity index (χ0v) is 16.3. The lowest BCUT2D eigenvalue weighted by Crippen LogP contribution is -2.29. The third-order valence-corrected chi connectivity index (χ3v) is 5.94. The van der Waals surface area contributed by atoms with Crippen LogP contribution in [-0.2, 0) is 27.1 Å². The van der Waals surface area contributed by atoms with E-state index in [1.807, 2.05) is 55.3 Å². The van der Waals surface area contributed by atoms with Gasteiger partial charge in [-0.1, -0.05) is 6.07 Å². The van der Waals surface area contributed by atoms with E-state index in [1.54, 1.807) is 27.2 Å². The van der Waals surface area contributed by atoms with E-state index in [0.717, 1.165) is 38.0 Å². The number of thiazole rings is 1. The number of hydrazone groups is 1. The Labute approximate surface area is 165 Å². The summed E-state index contributed by atoms with van der Waals surface area (Å²) < 4.78 is 4.75. The first-order valence-electron chi connectivity index (χ1n) is 8.95. The van der Waals surface area contributed by atoms with Crippen molar-refractivity contribution in [3.63, 3.8) is 0 Å². The number of nitrogens with zero attached hydrogens (tertiary/aromatic N) is 7. The molecular formula is C19H19N7OS. The average Bonchev–Trinajstić information content (AvgIpc) is 3.35. The van der Waals surface area contributed by atoms with Gasteiger partial charge in [-0.05, 0) is 18.2 Å². The van der Waals surface area contributed by atoms with Crippen molar-refractivity contribution in [1.82, 2.24) is 29.3 Å². The Morgan fingerprint density at radius 2 is 2.07 bits per heavy atom. The van der Waals surface area contributed by atoms with Crippen molar-refractivity contribution in [2.24, 2.45) is 19.2 Å². The molecule has 1 unspecified atom stereocenters. The minimum Gasteiger partial charge on any atom is -0.367 e. The molecule has 1 aliphatic heterocycles. The van der Waals surface area contributed by atoms with Crippen LogP contribution in [0.4, 0.5) is 0 Å². The van der Waals surface area contributed by atoms with Crippen molar-refractivity contribution in [2.45, 2.75) is 19.2 Å². The highest BCUT2D eigenvalue weighted by Gasteiger charge is 2.30. The SMILES string of the molecule is Cn1ccc(CN2N=Cc3c(n(C)c4nc(Cc5ccccn5)sc34)C2O)n1. The smallest absolute Gasteiger partial charge is 0.184 e. The molecule has 28 heavy (non-hydrogen) atoms. The fourth-order valence-corrected chi connectivity index (χ4v) is 4.65. The second kappa shape index (κ2) is 6.54. The molecule has 0 saturated heterocycles. The molecule has 5 heterocycles. The first kappa shape index (κ1) is 17.1. The minimum atomic E-state index is -0.840. The molecule has 0 spiro atoms. The van der Waals surface area contributed by atoms with Gasteiger partial charge in [-0.3, -0.25) is 14.7 Å². The van der Waals surface area contributed by atoms with E-state index >= 15 is 0 Å². The Kier molecular flexibility index (Phi) is 3.99. The van der Waals surface area contributed by atoms with E-state index in [-0.39, 0.29) is 0 Å². The fraction of sp³-hybridized carbons (Fsp3) is 0.263. The number of fused-ring (bicyclic) bond motifs is 3. The number of hydrogen-bond donors (Lipinski definition) is 1. The molecule has 4 aromatic rings. The Morgan fingerprint density at radius 3 is 2.82 bits per heavy atom. The van der Waals surface area contributed by atoms with Crippen molar-refractivity contribution in [3.8, 4) is 0 Å². The van der Waals surface area contributed by atoms with Crippen LogP contribution in [0.5, 0.6) is 0 Å². The van der Waals surface area contributed by atoms with Crippen LogP contribution in [0.2, 0.25) is 0 Å². The van der Waals surface area contributed by atoms with Crippen molar-refractivity contribution < 1.29 is 5.11 Å². The standard InChI is InChI=1S/C19H19N7OS/c1-24-8-6-13(23-24)11-26-19(27)16-14(10-21-26)17-18(25(16)2)22-15(28-17)9-12-5-3-4-7-20-12/h3-8,10,19,27H,9,11H2,1-2H3. The number of aliphatic hydroxyl groups excluding tert-OH is 1. The summed E-state index contributed by atoms with van der Waals surface area (Å²) in [6.07, 6.45) is 5.35. The zero-order valence-electron chi connectivity index (χ0n) is 15.5. The molecule has 0 amide bonds. The van der Waals surface area contributed by atoms with E-state index in [0.29, 0.717) is 13.0 Å². The summed E-state index contributed by atoms with van der Waals surface area (Å²) in [6, 6.07) is 7.82. The third kappa shape index (κ3) is 2.79. The second-order valence-electron chi connectivity index (χ2n) is 6.81. The molecule has 4 aromatic heterocycles. The summed E-state index contributed by atoms with van der Waals surface area (Å²) in [5, 5.41) is 22.4. The van der Waals surface area contributed by atoms with Gasteiger partial charge in [-0.15, -0.1) is 11.3 Å². The van der Waals surface area contributed by atoms with Crippen LogP contribution in [0.15, 0.2) is 41.8 Å². The lowest BCUT2D eigenvalue weighted by Gasteiger charge is -2.28. The highest BCUT2D eigenvalue weighted by molar-refractivity contribution is 7.19. The van der Waals surface area contributed by atoms with Gasteiger partial charge in [0.05, 0.1) is 28.8 Å². The van der Waals surface area contributed by atoms with Gasteiger partial charge in [0.15, 0.2) is 11.9 Å². The zero-order chi connectivity index (χ0) is 19.3. The van der Waals surface area contributed by atoms with Gasteiger partial charge >= 0.3 is 0 Å². The molecule has 1 atom stereocenters. The highest BCUT2D eigenvalue weighted by atomic mass is 32.1. The van der Waals surface area contributed by atoms with Crippen LogP contribution in [0, 0.1) is 0 Å². The molecule has 0 bridgehead atoms. The lowest BCUT2D eigenvalue weighted by molar-refractivity contribution is -0.0108. The van der Waals surface area contributed by atoms with Crippen LogP contribution in [0.1, 0.15) is 33.9 Å². The molecule has 0 aromatic carbocycles. The molecule has 0 saturated carbocycles. The van der Waals surface area contributed by atoms with Gasteiger partial charge in [0.25, 0.3) is 0 Å². The summed E-state index contributed by atoms with van der Waals surface area (Å²) >= 11 is 1.63. The van der Waals surface area contributed by atoms with Crippen LogP contribution >= 0.6 is 11.3 Å². The first-order valence-corrected chi connectivity index (χ1v) is 9.77. The Balaban J connectivity index is 1.47. The number of aryl methyl sites for hydroxylation is 2. The van der Waals surface area contributed by atoms with E-state index < -0.39 is 6.23 Å². The largest absolute Gasteiger partial charge is 0.367 e. The van der Waals surface area contributed by atoms with Gasteiger partial charge in [0.2, 0.25) is 0 Å². The van der Waals surface area contributed by atoms with Gasteiger partial charge in [-0.25, -0.2) is 4.98 Å². The Bertz CT molecular complexity index is 1170. The maximum absolute atomic E-state index is 10.9. The molecule has 0 fully saturated rings. The molecule has 1 N–H and O–H groups in total. The minimum absolute atomic E-state index is 0.440. The van der Waals surface area contributed by atoms with E-state index in [4.69, 9.17) is 4.98 Å². The molecule has 5 rings (SSSR count). The van der Waals surface area contributed by atoms with Crippen LogP contribution in [0.25, 0.3) is 10.3 Å². The summed E-state index contributed by atoms with van der Waals surface area (Å²) in [7, 11) is 3.81. The summed E-state index contributed by atoms with van der Waals surface area (Å²) in [5.74, 6) is 0. The monoisotopic (exact) mass is 393 g/mol. The first-order chi connectivity index (χ1) is 13.6. The van der Waals surface area contributed by atoms with Gasteiger partial charge in [0, 0.05) is 44.2 Å². The molecule has 0 aliphatic carbocycles. The van der Waals surface area contributed by atoms with Crippen molar-refractivity contribution >= 4 is 27.9 Å². The molecule has 142 valence electrons. The molecule has 1 aliphatic rings. The quantitative estimate of drug-likeness (QED) is 0.575. The molecule has 0 radical (unpaired) electrons. The summed E-state index contributed by atoms with van der Waals surface area (Å²) in [6.45, 7) is 0.440. The number of rotatable bonds is 4. The van der Waals surface area contributed by atoms with Gasteiger partial charge in [0.1, 0.15) is 5.01 Å². The Morgan fingerprint density at radius 1 is 1.18 bits per heavy atom. The normalized spacial score (nSPS) is 16.1. The average molecular weight is 393 g/mol. The van der Waals surface area contributed by atoms with Crippen molar-refractivity contribution in [2.75, 3.05) is 0 Å². The topological polar surface area (TPSA) is 84.4 Å². The van der Waals surface area contributed by atoms with Gasteiger partial charge in [-0.2, -0.15) is 10.2 Å². The maximum atomic E-state index is 10.9. The van der Waals surface area contributed by atoms with E-state index in [2.05, 4.69) is 15.2 Å². The fourth-order valence-electron chi connectivity index (χ4n) is 3.52.